The van der Waals surface area contributed by atoms with Crippen LogP contribution in [0.2, 0.25) is 0 Å². The van der Waals surface area contributed by atoms with Gasteiger partial charge in [0.05, 0.1) is 12.8 Å². The van der Waals surface area contributed by atoms with E-state index >= 15 is 0 Å². The Morgan fingerprint density at radius 3 is 2.86 bits per heavy atom. The lowest BCUT2D eigenvalue weighted by atomic mass is 10.1. The van der Waals surface area contributed by atoms with Crippen molar-refractivity contribution in [3.63, 3.8) is 0 Å². The van der Waals surface area contributed by atoms with Gasteiger partial charge in [0.1, 0.15) is 5.75 Å². The molecule has 0 saturated carbocycles. The molecular formula is C16H23N3OS. The Morgan fingerprint density at radius 1 is 1.38 bits per heavy atom. The van der Waals surface area contributed by atoms with Crippen molar-refractivity contribution < 1.29 is 4.74 Å². The van der Waals surface area contributed by atoms with E-state index in [1.54, 1.807) is 18.4 Å². The van der Waals surface area contributed by atoms with Crippen molar-refractivity contribution in [1.82, 2.24) is 10.3 Å². The minimum absolute atomic E-state index is 0.356. The van der Waals surface area contributed by atoms with Gasteiger partial charge in [0.25, 0.3) is 0 Å². The Balaban J connectivity index is 2.06. The number of nitrogens with one attached hydrogen (secondary N) is 1. The van der Waals surface area contributed by atoms with Crippen LogP contribution in [0.3, 0.4) is 0 Å². The number of benzene rings is 1. The number of thiazole rings is 1. The van der Waals surface area contributed by atoms with E-state index in [0.717, 1.165) is 29.5 Å². The molecule has 0 bridgehead atoms. The third-order valence-electron chi connectivity index (χ3n) is 3.57. The Kier molecular flexibility index (Phi) is 5.59. The van der Waals surface area contributed by atoms with Gasteiger partial charge in [0, 0.05) is 25.0 Å². The molecule has 1 aromatic heterocycles. The molecule has 1 N–H and O–H groups in total. The van der Waals surface area contributed by atoms with Gasteiger partial charge in [-0.2, -0.15) is 0 Å². The summed E-state index contributed by atoms with van der Waals surface area (Å²) in [5.41, 5.74) is 2.32. The number of methoxy groups -OCH3 is 1. The Hall–Kier alpha value is -1.59. The molecule has 2 rings (SSSR count). The Bertz CT molecular complexity index is 570. The molecule has 5 heteroatoms. The van der Waals surface area contributed by atoms with Crippen LogP contribution in [0.1, 0.15) is 18.2 Å². The molecule has 0 aliphatic carbocycles. The summed E-state index contributed by atoms with van der Waals surface area (Å²) in [5, 5.41) is 6.30. The number of anilines is 1. The van der Waals surface area contributed by atoms with Crippen molar-refractivity contribution in [2.24, 2.45) is 0 Å². The van der Waals surface area contributed by atoms with Crippen LogP contribution >= 0.6 is 11.3 Å². The molecule has 0 amide bonds. The van der Waals surface area contributed by atoms with Crippen molar-refractivity contribution >= 4 is 16.5 Å². The summed E-state index contributed by atoms with van der Waals surface area (Å²) in [6, 6.07) is 8.55. The smallest absolute Gasteiger partial charge is 0.185 e. The molecule has 0 aliphatic heterocycles. The summed E-state index contributed by atoms with van der Waals surface area (Å²) in [6.45, 7) is 3.02. The van der Waals surface area contributed by atoms with Crippen LogP contribution in [0.15, 0.2) is 29.6 Å². The minimum atomic E-state index is 0.356. The van der Waals surface area contributed by atoms with E-state index < -0.39 is 0 Å². The largest absolute Gasteiger partial charge is 0.496 e. The van der Waals surface area contributed by atoms with Crippen LogP contribution in [0.4, 0.5) is 5.13 Å². The molecule has 0 aliphatic rings. The number of likely N-dealkylation sites (N-methyl/N-ethyl adjacent to an activating group) is 1. The lowest BCUT2D eigenvalue weighted by Gasteiger charge is -2.25. The maximum Gasteiger partial charge on any atom is 0.185 e. The molecule has 1 atom stereocenters. The number of hydrogen-bond donors (Lipinski definition) is 1. The average molecular weight is 305 g/mol. The van der Waals surface area contributed by atoms with Crippen molar-refractivity contribution in [2.75, 3.05) is 26.1 Å². The second kappa shape index (κ2) is 7.43. The molecule has 1 heterocycles. The highest BCUT2D eigenvalue weighted by atomic mass is 32.1. The highest BCUT2D eigenvalue weighted by molar-refractivity contribution is 7.13. The molecule has 1 unspecified atom stereocenters. The first-order chi connectivity index (χ1) is 10.2. The first kappa shape index (κ1) is 15.8. The molecule has 21 heavy (non-hydrogen) atoms. The standard InChI is InChI=1S/C16H23N3OS/c1-12(9-13-7-5-6-8-15(13)20-4)19(3)16-18-14(10-17-2)11-21-16/h5-8,11-12,17H,9-10H2,1-4H3. The zero-order valence-corrected chi connectivity index (χ0v) is 13.9. The maximum atomic E-state index is 5.43. The molecule has 0 fully saturated rings. The lowest BCUT2D eigenvalue weighted by Crippen LogP contribution is -2.30. The minimum Gasteiger partial charge on any atom is -0.496 e. The van der Waals surface area contributed by atoms with Crippen LogP contribution in [0.5, 0.6) is 5.75 Å². The molecule has 0 radical (unpaired) electrons. The second-order valence-corrected chi connectivity index (χ2v) is 5.96. The van der Waals surface area contributed by atoms with E-state index in [2.05, 4.69) is 46.7 Å². The number of hydrogen-bond acceptors (Lipinski definition) is 5. The van der Waals surface area contributed by atoms with E-state index in [1.807, 2.05) is 19.2 Å². The number of aromatic nitrogens is 1. The van der Waals surface area contributed by atoms with E-state index in [9.17, 15) is 0 Å². The van der Waals surface area contributed by atoms with Crippen molar-refractivity contribution in [2.45, 2.75) is 25.9 Å². The molecule has 114 valence electrons. The summed E-state index contributed by atoms with van der Waals surface area (Å²) >= 11 is 1.69. The van der Waals surface area contributed by atoms with Gasteiger partial charge in [0.15, 0.2) is 5.13 Å². The number of nitrogens with zero attached hydrogens (tertiary/aromatic N) is 2. The van der Waals surface area contributed by atoms with E-state index in [-0.39, 0.29) is 0 Å². The van der Waals surface area contributed by atoms with E-state index in [0.29, 0.717) is 6.04 Å². The van der Waals surface area contributed by atoms with Gasteiger partial charge < -0.3 is 15.0 Å². The molecule has 4 nitrogen and oxygen atoms in total. The number of rotatable bonds is 7. The van der Waals surface area contributed by atoms with Gasteiger partial charge >= 0.3 is 0 Å². The van der Waals surface area contributed by atoms with Gasteiger partial charge in [-0.15, -0.1) is 11.3 Å². The van der Waals surface area contributed by atoms with Gasteiger partial charge in [-0.1, -0.05) is 18.2 Å². The van der Waals surface area contributed by atoms with E-state index in [4.69, 9.17) is 4.74 Å². The predicted octanol–water partition coefficient (Wildman–Crippen LogP) is 2.94. The summed E-state index contributed by atoms with van der Waals surface area (Å²) in [7, 11) is 5.76. The van der Waals surface area contributed by atoms with Crippen molar-refractivity contribution in [3.05, 3.63) is 40.9 Å². The van der Waals surface area contributed by atoms with Gasteiger partial charge in [0.2, 0.25) is 0 Å². The number of ether oxygens (including phenoxy) is 1. The van der Waals surface area contributed by atoms with Crippen LogP contribution in [0.25, 0.3) is 0 Å². The molecule has 2 aromatic rings. The fraction of sp³-hybridized carbons (Fsp3) is 0.438. The quantitative estimate of drug-likeness (QED) is 0.853. The first-order valence-electron chi connectivity index (χ1n) is 7.09. The molecule has 0 saturated heterocycles. The number of para-hydroxylation sites is 1. The van der Waals surface area contributed by atoms with Crippen LogP contribution in [-0.4, -0.2) is 32.2 Å². The van der Waals surface area contributed by atoms with E-state index in [1.165, 1.54) is 5.56 Å². The van der Waals surface area contributed by atoms with Gasteiger partial charge in [-0.25, -0.2) is 4.98 Å². The fourth-order valence-electron chi connectivity index (χ4n) is 2.24. The zero-order valence-electron chi connectivity index (χ0n) is 13.1. The zero-order chi connectivity index (χ0) is 15.2. The summed E-state index contributed by atoms with van der Waals surface area (Å²) in [5.74, 6) is 0.952. The van der Waals surface area contributed by atoms with Crippen LogP contribution in [-0.2, 0) is 13.0 Å². The Labute approximate surface area is 130 Å². The monoisotopic (exact) mass is 305 g/mol. The van der Waals surface area contributed by atoms with Crippen LogP contribution < -0.4 is 15.0 Å². The highest BCUT2D eigenvalue weighted by Crippen LogP contribution is 2.25. The molecule has 0 spiro atoms. The van der Waals surface area contributed by atoms with Crippen molar-refractivity contribution in [1.29, 1.82) is 0 Å². The summed E-state index contributed by atoms with van der Waals surface area (Å²) in [4.78, 5) is 6.89. The third-order valence-corrected chi connectivity index (χ3v) is 4.55. The SMILES string of the molecule is CNCc1csc(N(C)C(C)Cc2ccccc2OC)n1. The predicted molar refractivity (Wildman–Crippen MR) is 89.4 cm³/mol. The maximum absolute atomic E-state index is 5.43. The Morgan fingerprint density at radius 2 is 2.14 bits per heavy atom. The first-order valence-corrected chi connectivity index (χ1v) is 7.97. The van der Waals surface area contributed by atoms with Gasteiger partial charge in [-0.3, -0.25) is 0 Å². The lowest BCUT2D eigenvalue weighted by molar-refractivity contribution is 0.408. The van der Waals surface area contributed by atoms with Crippen LogP contribution in [0, 0.1) is 0 Å². The highest BCUT2D eigenvalue weighted by Gasteiger charge is 2.15. The molecule has 1 aromatic carbocycles. The van der Waals surface area contributed by atoms with Gasteiger partial charge in [-0.05, 0) is 32.0 Å². The topological polar surface area (TPSA) is 37.4 Å². The van der Waals surface area contributed by atoms with Crippen molar-refractivity contribution in [3.8, 4) is 5.75 Å². The summed E-state index contributed by atoms with van der Waals surface area (Å²) in [6.07, 6.45) is 0.932. The molecular weight excluding hydrogens is 282 g/mol. The second-order valence-electron chi connectivity index (χ2n) is 5.13. The normalized spacial score (nSPS) is 12.2. The third kappa shape index (κ3) is 3.95. The average Bonchev–Trinajstić information content (AvgIpc) is 2.96. The summed E-state index contributed by atoms with van der Waals surface area (Å²) < 4.78 is 5.43. The fourth-order valence-corrected chi connectivity index (χ4v) is 3.13.